The number of thioether (sulfide) groups is 1. The molecule has 2 heterocycles. The van der Waals surface area contributed by atoms with Crippen molar-refractivity contribution in [2.45, 2.75) is 13.8 Å². The molecule has 7 nitrogen and oxygen atoms in total. The number of aliphatic imine (C=N–C) groups is 1. The molecule has 1 amide bonds. The van der Waals surface area contributed by atoms with Crippen molar-refractivity contribution in [3.8, 4) is 11.5 Å². The number of hydrogen-bond acceptors (Lipinski definition) is 6. The molecule has 0 saturated heterocycles. The number of amides is 1. The maximum absolute atomic E-state index is 12.4. The fourth-order valence-corrected chi connectivity index (χ4v) is 3.24. The number of methoxy groups -OCH3 is 2. The summed E-state index contributed by atoms with van der Waals surface area (Å²) in [4.78, 5) is 16.4. The van der Waals surface area contributed by atoms with Crippen molar-refractivity contribution in [1.29, 1.82) is 5.41 Å². The minimum Gasteiger partial charge on any atom is -0.493 e. The van der Waals surface area contributed by atoms with Crippen molar-refractivity contribution in [2.75, 3.05) is 14.2 Å². The van der Waals surface area contributed by atoms with Gasteiger partial charge in [-0.3, -0.25) is 10.2 Å². The number of carbonyl (C=O) groups excluding carboxylic acids is 1. The molecule has 2 aliphatic heterocycles. The van der Waals surface area contributed by atoms with Crippen LogP contribution >= 0.6 is 11.8 Å². The zero-order chi connectivity index (χ0) is 18.1. The van der Waals surface area contributed by atoms with Crippen LogP contribution in [-0.4, -0.2) is 41.2 Å². The summed E-state index contributed by atoms with van der Waals surface area (Å²) in [6.07, 6.45) is 1.61. The number of hydrazone groups is 1. The van der Waals surface area contributed by atoms with Gasteiger partial charge < -0.3 is 9.47 Å². The summed E-state index contributed by atoms with van der Waals surface area (Å²) in [5.74, 6) is 0.927. The number of amidine groups is 2. The SMILES string of the molecule is COc1ccc(C=C2C(=N)N3N=C(C(C)C)SC3=NC2=O)cc1OC. The monoisotopic (exact) mass is 358 g/mol. The first-order valence-electron chi connectivity index (χ1n) is 7.66. The molecule has 1 aromatic carbocycles. The van der Waals surface area contributed by atoms with E-state index in [1.807, 2.05) is 13.8 Å². The van der Waals surface area contributed by atoms with E-state index in [9.17, 15) is 4.79 Å². The van der Waals surface area contributed by atoms with Gasteiger partial charge in [-0.05, 0) is 35.5 Å². The van der Waals surface area contributed by atoms with E-state index in [1.165, 1.54) is 16.8 Å². The van der Waals surface area contributed by atoms with Crippen LogP contribution in [0.4, 0.5) is 0 Å². The largest absolute Gasteiger partial charge is 0.493 e. The first-order valence-corrected chi connectivity index (χ1v) is 8.48. The quantitative estimate of drug-likeness (QED) is 0.836. The molecule has 3 rings (SSSR count). The topological polar surface area (TPSA) is 87.3 Å². The third-order valence-electron chi connectivity index (χ3n) is 3.68. The maximum atomic E-state index is 12.4. The van der Waals surface area contributed by atoms with E-state index in [-0.39, 0.29) is 17.3 Å². The Hall–Kier alpha value is -2.61. The van der Waals surface area contributed by atoms with E-state index in [2.05, 4.69) is 10.1 Å². The summed E-state index contributed by atoms with van der Waals surface area (Å²) in [6.45, 7) is 4.02. The van der Waals surface area contributed by atoms with Crippen LogP contribution in [0.5, 0.6) is 11.5 Å². The van der Waals surface area contributed by atoms with E-state index < -0.39 is 5.91 Å². The molecular formula is C17H18N4O3S. The summed E-state index contributed by atoms with van der Waals surface area (Å²) < 4.78 is 10.5. The van der Waals surface area contributed by atoms with Crippen LogP contribution in [0, 0.1) is 11.3 Å². The van der Waals surface area contributed by atoms with Gasteiger partial charge in [0.15, 0.2) is 17.3 Å². The minimum absolute atomic E-state index is 0.0212. The third-order valence-corrected chi connectivity index (χ3v) is 4.89. The Kier molecular flexibility index (Phi) is 4.63. The van der Waals surface area contributed by atoms with Crippen molar-refractivity contribution in [3.63, 3.8) is 0 Å². The van der Waals surface area contributed by atoms with Crippen molar-refractivity contribution >= 4 is 39.8 Å². The van der Waals surface area contributed by atoms with Gasteiger partial charge in [0.05, 0.1) is 19.8 Å². The van der Waals surface area contributed by atoms with Gasteiger partial charge in [-0.1, -0.05) is 19.9 Å². The molecule has 0 aliphatic carbocycles. The number of nitrogens with zero attached hydrogens (tertiary/aromatic N) is 3. The second-order valence-electron chi connectivity index (χ2n) is 5.73. The van der Waals surface area contributed by atoms with Crippen molar-refractivity contribution in [3.05, 3.63) is 29.3 Å². The Bertz CT molecular complexity index is 842. The third kappa shape index (κ3) is 3.17. The van der Waals surface area contributed by atoms with Gasteiger partial charge in [0.2, 0.25) is 5.17 Å². The highest BCUT2D eigenvalue weighted by Crippen LogP contribution is 2.32. The van der Waals surface area contributed by atoms with E-state index in [4.69, 9.17) is 14.9 Å². The van der Waals surface area contributed by atoms with Gasteiger partial charge in [0.1, 0.15) is 5.04 Å². The lowest BCUT2D eigenvalue weighted by molar-refractivity contribution is -0.114. The van der Waals surface area contributed by atoms with Crippen LogP contribution < -0.4 is 9.47 Å². The summed E-state index contributed by atoms with van der Waals surface area (Å²) in [6, 6.07) is 5.28. The molecule has 130 valence electrons. The Morgan fingerprint density at radius 2 is 1.96 bits per heavy atom. The summed E-state index contributed by atoms with van der Waals surface area (Å²) >= 11 is 1.33. The lowest BCUT2D eigenvalue weighted by Crippen LogP contribution is -2.35. The second-order valence-corrected chi connectivity index (χ2v) is 6.71. The maximum Gasteiger partial charge on any atom is 0.283 e. The molecule has 0 aromatic heterocycles. The molecule has 0 saturated carbocycles. The molecule has 1 aromatic rings. The molecule has 2 aliphatic rings. The molecule has 0 spiro atoms. The Morgan fingerprint density at radius 1 is 1.24 bits per heavy atom. The Balaban J connectivity index is 1.97. The van der Waals surface area contributed by atoms with E-state index in [0.717, 1.165) is 5.04 Å². The van der Waals surface area contributed by atoms with E-state index >= 15 is 0 Å². The summed E-state index contributed by atoms with van der Waals surface area (Å²) in [7, 11) is 3.10. The first kappa shape index (κ1) is 17.2. The predicted octanol–water partition coefficient (Wildman–Crippen LogP) is 2.98. The highest BCUT2D eigenvalue weighted by molar-refractivity contribution is 8.27. The molecule has 25 heavy (non-hydrogen) atoms. The highest BCUT2D eigenvalue weighted by Gasteiger charge is 2.36. The number of fused-ring (bicyclic) bond motifs is 1. The smallest absolute Gasteiger partial charge is 0.283 e. The predicted molar refractivity (Wildman–Crippen MR) is 99.4 cm³/mol. The first-order chi connectivity index (χ1) is 11.9. The highest BCUT2D eigenvalue weighted by atomic mass is 32.2. The van der Waals surface area contributed by atoms with Crippen LogP contribution in [0.3, 0.4) is 0 Å². The molecule has 0 atom stereocenters. The lowest BCUT2D eigenvalue weighted by Gasteiger charge is -2.20. The molecule has 1 N–H and O–H groups in total. The zero-order valence-electron chi connectivity index (χ0n) is 14.4. The van der Waals surface area contributed by atoms with E-state index in [1.54, 1.807) is 38.5 Å². The van der Waals surface area contributed by atoms with Crippen LogP contribution in [0.25, 0.3) is 6.08 Å². The van der Waals surface area contributed by atoms with Gasteiger partial charge in [-0.25, -0.2) is 0 Å². The summed E-state index contributed by atoms with van der Waals surface area (Å²) in [5, 5.41) is 15.4. The van der Waals surface area contributed by atoms with Crippen LogP contribution in [0.2, 0.25) is 0 Å². The second kappa shape index (κ2) is 6.72. The van der Waals surface area contributed by atoms with Crippen molar-refractivity contribution in [1.82, 2.24) is 5.01 Å². The molecule has 8 heteroatoms. The van der Waals surface area contributed by atoms with Gasteiger partial charge in [-0.15, -0.1) is 0 Å². The molecule has 0 fully saturated rings. The minimum atomic E-state index is -0.446. The van der Waals surface area contributed by atoms with Gasteiger partial charge in [-0.2, -0.15) is 15.1 Å². The average Bonchev–Trinajstić information content (AvgIpc) is 3.02. The number of rotatable bonds is 4. The van der Waals surface area contributed by atoms with Crippen LogP contribution in [0.1, 0.15) is 19.4 Å². The van der Waals surface area contributed by atoms with Crippen LogP contribution in [0.15, 0.2) is 33.9 Å². The normalized spacial score (nSPS) is 18.4. The Morgan fingerprint density at radius 3 is 2.60 bits per heavy atom. The number of nitrogens with one attached hydrogen (secondary N) is 1. The van der Waals surface area contributed by atoms with Gasteiger partial charge in [0, 0.05) is 5.92 Å². The summed E-state index contributed by atoms with van der Waals surface area (Å²) in [5.41, 5.74) is 0.898. The number of carbonyl (C=O) groups is 1. The van der Waals surface area contributed by atoms with Gasteiger partial charge in [0.25, 0.3) is 5.91 Å². The average molecular weight is 358 g/mol. The van der Waals surface area contributed by atoms with Crippen LogP contribution in [-0.2, 0) is 4.79 Å². The standard InChI is InChI=1S/C17H18N4O3S/c1-9(2)16-20-21-14(18)11(15(22)19-17(21)25-16)7-10-5-6-12(23-3)13(8-10)24-4/h5-9,18H,1-4H3. The number of hydrogen-bond donors (Lipinski definition) is 1. The molecule has 0 bridgehead atoms. The van der Waals surface area contributed by atoms with E-state index in [0.29, 0.717) is 22.2 Å². The van der Waals surface area contributed by atoms with Crippen molar-refractivity contribution < 1.29 is 14.3 Å². The fourth-order valence-electron chi connectivity index (χ4n) is 2.35. The molecule has 0 unspecified atom stereocenters. The van der Waals surface area contributed by atoms with Gasteiger partial charge >= 0.3 is 0 Å². The van der Waals surface area contributed by atoms with Crippen molar-refractivity contribution in [2.24, 2.45) is 16.0 Å². The lowest BCUT2D eigenvalue weighted by atomic mass is 10.1. The molecular weight excluding hydrogens is 340 g/mol. The molecule has 0 radical (unpaired) electrons. The number of benzene rings is 1. The fraction of sp³-hybridized carbons (Fsp3) is 0.294. The number of ether oxygens (including phenoxy) is 2. The zero-order valence-corrected chi connectivity index (χ0v) is 15.2. The Labute approximate surface area is 149 Å².